The Morgan fingerprint density at radius 2 is 2.13 bits per heavy atom. The second-order valence-electron chi connectivity index (χ2n) is 5.20. The van der Waals surface area contributed by atoms with Gasteiger partial charge in [0, 0.05) is 24.0 Å². The number of benzene rings is 1. The van der Waals surface area contributed by atoms with Crippen LogP contribution >= 0.6 is 11.6 Å². The number of rotatable bonds is 7. The number of hydrogen-bond donors (Lipinski definition) is 3. The highest BCUT2D eigenvalue weighted by molar-refractivity contribution is 6.30. The van der Waals surface area contributed by atoms with E-state index in [2.05, 4.69) is 15.7 Å². The largest absolute Gasteiger partial charge is 0.394 e. The number of nitrogens with one attached hydrogen (secondary N) is 2. The molecule has 0 bridgehead atoms. The van der Waals surface area contributed by atoms with E-state index in [1.54, 1.807) is 10.9 Å². The maximum Gasteiger partial charge on any atom is 0.315 e. The third-order valence-electron chi connectivity index (χ3n) is 3.60. The van der Waals surface area contributed by atoms with Gasteiger partial charge >= 0.3 is 6.03 Å². The lowest BCUT2D eigenvalue weighted by atomic mass is 10.1. The molecule has 2 unspecified atom stereocenters. The number of carbonyl (C=O) groups excluding carboxylic acids is 1. The Kier molecular flexibility index (Phi) is 6.43. The second-order valence-corrected chi connectivity index (χ2v) is 5.63. The summed E-state index contributed by atoms with van der Waals surface area (Å²) in [5, 5.41) is 19.6. The van der Waals surface area contributed by atoms with Crippen molar-refractivity contribution < 1.29 is 9.90 Å². The molecule has 3 N–H and O–H groups in total. The van der Waals surface area contributed by atoms with Gasteiger partial charge in [0.25, 0.3) is 0 Å². The van der Waals surface area contributed by atoms with Gasteiger partial charge in [-0.15, -0.1) is 0 Å². The summed E-state index contributed by atoms with van der Waals surface area (Å²) in [5.74, 6) is 0. The number of hydrogen-bond acceptors (Lipinski definition) is 3. The Bertz CT molecular complexity index is 597. The van der Waals surface area contributed by atoms with E-state index in [0.717, 1.165) is 5.56 Å². The Balaban J connectivity index is 2.04. The molecule has 0 saturated heterocycles. The molecule has 0 spiro atoms. The molecule has 2 atom stereocenters. The molecule has 0 aliphatic carbocycles. The van der Waals surface area contributed by atoms with E-state index in [1.165, 1.54) is 0 Å². The van der Waals surface area contributed by atoms with Gasteiger partial charge in [0.05, 0.1) is 18.7 Å². The maximum absolute atomic E-state index is 11.9. The molecule has 6 nitrogen and oxygen atoms in total. The van der Waals surface area contributed by atoms with Gasteiger partial charge in [0.2, 0.25) is 0 Å². The fourth-order valence-corrected chi connectivity index (χ4v) is 2.34. The van der Waals surface area contributed by atoms with Crippen molar-refractivity contribution in [1.29, 1.82) is 0 Å². The lowest BCUT2D eigenvalue weighted by Crippen LogP contribution is -2.45. The normalized spacial score (nSPS) is 13.3. The Hall–Kier alpha value is -2.05. The van der Waals surface area contributed by atoms with Crippen LogP contribution in [-0.2, 0) is 0 Å². The molecule has 23 heavy (non-hydrogen) atoms. The van der Waals surface area contributed by atoms with E-state index < -0.39 is 0 Å². The highest BCUT2D eigenvalue weighted by atomic mass is 35.5. The van der Waals surface area contributed by atoms with Crippen LogP contribution in [0.25, 0.3) is 0 Å². The fraction of sp³-hybridized carbons (Fsp3) is 0.375. The minimum Gasteiger partial charge on any atom is -0.394 e. The van der Waals surface area contributed by atoms with Gasteiger partial charge in [-0.1, -0.05) is 30.7 Å². The predicted molar refractivity (Wildman–Crippen MR) is 89.5 cm³/mol. The average molecular weight is 337 g/mol. The van der Waals surface area contributed by atoms with Gasteiger partial charge in [0.1, 0.15) is 0 Å². The molecular formula is C16H21ClN4O2. The number of urea groups is 1. The van der Waals surface area contributed by atoms with Crippen LogP contribution in [0.2, 0.25) is 5.02 Å². The van der Waals surface area contributed by atoms with Gasteiger partial charge in [0.15, 0.2) is 0 Å². The Labute approximate surface area is 140 Å². The van der Waals surface area contributed by atoms with Crippen molar-refractivity contribution in [2.24, 2.45) is 0 Å². The zero-order valence-electron chi connectivity index (χ0n) is 12.9. The predicted octanol–water partition coefficient (Wildman–Crippen LogP) is 2.20. The first kappa shape index (κ1) is 17.3. The number of aliphatic hydroxyl groups excluding tert-OH is 1. The molecule has 0 aliphatic rings. The van der Waals surface area contributed by atoms with Gasteiger partial charge in [-0.2, -0.15) is 5.10 Å². The summed E-state index contributed by atoms with van der Waals surface area (Å²) in [6.07, 6.45) is 4.22. The highest BCUT2D eigenvalue weighted by Crippen LogP contribution is 2.19. The molecule has 1 aromatic heterocycles. The monoisotopic (exact) mass is 336 g/mol. The molecule has 0 fully saturated rings. The van der Waals surface area contributed by atoms with Crippen molar-refractivity contribution in [3.63, 3.8) is 0 Å². The van der Waals surface area contributed by atoms with Crippen LogP contribution in [-0.4, -0.2) is 40.1 Å². The summed E-state index contributed by atoms with van der Waals surface area (Å²) >= 11 is 5.93. The molecular weight excluding hydrogens is 316 g/mol. The van der Waals surface area contributed by atoms with E-state index >= 15 is 0 Å². The third kappa shape index (κ3) is 4.97. The topological polar surface area (TPSA) is 79.2 Å². The second kappa shape index (κ2) is 8.55. The molecule has 2 aromatic rings. The highest BCUT2D eigenvalue weighted by Gasteiger charge is 2.16. The smallest absolute Gasteiger partial charge is 0.315 e. The van der Waals surface area contributed by atoms with Crippen molar-refractivity contribution in [3.05, 3.63) is 53.3 Å². The lowest BCUT2D eigenvalue weighted by Gasteiger charge is -2.20. The molecule has 0 aliphatic heterocycles. The quantitative estimate of drug-likeness (QED) is 0.725. The van der Waals surface area contributed by atoms with E-state index in [9.17, 15) is 4.79 Å². The van der Waals surface area contributed by atoms with Crippen LogP contribution in [0.1, 0.15) is 24.9 Å². The summed E-state index contributed by atoms with van der Waals surface area (Å²) in [7, 11) is 0. The summed E-state index contributed by atoms with van der Waals surface area (Å²) in [4.78, 5) is 11.9. The van der Waals surface area contributed by atoms with Crippen molar-refractivity contribution >= 4 is 17.6 Å². The van der Waals surface area contributed by atoms with Crippen molar-refractivity contribution in [1.82, 2.24) is 20.4 Å². The van der Waals surface area contributed by atoms with E-state index in [1.807, 2.05) is 43.5 Å². The molecule has 7 heteroatoms. The summed E-state index contributed by atoms with van der Waals surface area (Å²) in [6, 6.07) is 8.60. The summed E-state index contributed by atoms with van der Waals surface area (Å²) < 4.78 is 1.78. The first-order valence-electron chi connectivity index (χ1n) is 7.53. The number of halogens is 1. The number of nitrogens with zero attached hydrogens (tertiary/aromatic N) is 2. The molecule has 124 valence electrons. The molecule has 0 saturated carbocycles. The standard InChI is InChI=1S/C16H21ClN4O2/c1-2-14(11-22)20-16(23)18-10-15(21-9-3-8-19-21)12-4-6-13(17)7-5-12/h3-9,14-15,22H,2,10-11H2,1H3,(H2,18,20,23). The molecule has 0 radical (unpaired) electrons. The molecule has 2 rings (SSSR count). The average Bonchev–Trinajstić information content (AvgIpc) is 3.08. The van der Waals surface area contributed by atoms with Crippen molar-refractivity contribution in [3.8, 4) is 0 Å². The van der Waals surface area contributed by atoms with Crippen LogP contribution in [0.4, 0.5) is 4.79 Å². The van der Waals surface area contributed by atoms with Crippen LogP contribution in [0.15, 0.2) is 42.7 Å². The first-order chi connectivity index (χ1) is 11.1. The molecule has 1 aromatic carbocycles. The van der Waals surface area contributed by atoms with Crippen LogP contribution < -0.4 is 10.6 Å². The van der Waals surface area contributed by atoms with Crippen LogP contribution in [0, 0.1) is 0 Å². The number of aromatic nitrogens is 2. The fourth-order valence-electron chi connectivity index (χ4n) is 2.22. The minimum absolute atomic E-state index is 0.0797. The lowest BCUT2D eigenvalue weighted by molar-refractivity contribution is 0.213. The summed E-state index contributed by atoms with van der Waals surface area (Å²) in [6.45, 7) is 2.20. The van der Waals surface area contributed by atoms with Crippen LogP contribution in [0.5, 0.6) is 0 Å². The van der Waals surface area contributed by atoms with Gasteiger partial charge in [-0.25, -0.2) is 4.79 Å². The summed E-state index contributed by atoms with van der Waals surface area (Å²) in [5.41, 5.74) is 0.993. The Morgan fingerprint density at radius 3 is 2.70 bits per heavy atom. The van der Waals surface area contributed by atoms with Crippen molar-refractivity contribution in [2.45, 2.75) is 25.4 Å². The van der Waals surface area contributed by atoms with E-state index in [4.69, 9.17) is 16.7 Å². The maximum atomic E-state index is 11.9. The zero-order chi connectivity index (χ0) is 16.7. The van der Waals surface area contributed by atoms with Gasteiger partial charge < -0.3 is 15.7 Å². The third-order valence-corrected chi connectivity index (χ3v) is 3.86. The number of amides is 2. The van der Waals surface area contributed by atoms with Gasteiger partial charge in [-0.3, -0.25) is 4.68 Å². The Morgan fingerprint density at radius 1 is 1.39 bits per heavy atom. The van der Waals surface area contributed by atoms with Crippen LogP contribution in [0.3, 0.4) is 0 Å². The van der Waals surface area contributed by atoms with E-state index in [-0.39, 0.29) is 24.7 Å². The van der Waals surface area contributed by atoms with Gasteiger partial charge in [-0.05, 0) is 30.2 Å². The zero-order valence-corrected chi connectivity index (χ0v) is 13.7. The minimum atomic E-state index is -0.308. The molecule has 2 amide bonds. The molecule has 1 heterocycles. The number of carbonyl (C=O) groups is 1. The van der Waals surface area contributed by atoms with Crippen molar-refractivity contribution in [2.75, 3.05) is 13.2 Å². The SMILES string of the molecule is CCC(CO)NC(=O)NCC(c1ccc(Cl)cc1)n1cccn1. The number of aliphatic hydroxyl groups is 1. The first-order valence-corrected chi connectivity index (χ1v) is 7.91. The van der Waals surface area contributed by atoms with E-state index in [0.29, 0.717) is 18.0 Å².